The minimum atomic E-state index is -1.07. The first-order valence-corrected chi connectivity index (χ1v) is 28.6. The summed E-state index contributed by atoms with van der Waals surface area (Å²) in [5.74, 6) is 2.78. The lowest BCUT2D eigenvalue weighted by molar-refractivity contribution is -0.124. The van der Waals surface area contributed by atoms with Crippen LogP contribution in [0.25, 0.3) is 28.5 Å². The molecule has 12 nitrogen and oxygen atoms in total. The number of hydrogen-bond donors (Lipinski definition) is 2. The van der Waals surface area contributed by atoms with E-state index >= 15 is 0 Å². The van der Waals surface area contributed by atoms with Gasteiger partial charge in [-0.1, -0.05) is 170 Å². The number of amides is 3. The number of imidazole rings is 1. The lowest BCUT2D eigenvalue weighted by Gasteiger charge is -2.37. The molecule has 2 saturated carbocycles. The first-order chi connectivity index (χ1) is 39.2. The van der Waals surface area contributed by atoms with E-state index in [2.05, 4.69) is 75.9 Å². The van der Waals surface area contributed by atoms with E-state index in [1.165, 1.54) is 18.2 Å². The van der Waals surface area contributed by atoms with Crippen LogP contribution in [0.4, 0.5) is 4.79 Å². The number of hydrogen-bond acceptors (Lipinski definition) is 10. The molecule has 2 N–H and O–H groups in total. The van der Waals surface area contributed by atoms with Crippen molar-refractivity contribution >= 4 is 52.3 Å². The Hall–Kier alpha value is -8.20. The lowest BCUT2D eigenvalue weighted by Crippen LogP contribution is -2.48. The van der Waals surface area contributed by atoms with E-state index in [1.807, 2.05) is 114 Å². The summed E-state index contributed by atoms with van der Waals surface area (Å²) in [4.78, 5) is 50.3. The fourth-order valence-electron chi connectivity index (χ4n) is 12.8. The zero-order chi connectivity index (χ0) is 54.7. The van der Waals surface area contributed by atoms with Gasteiger partial charge in [-0.3, -0.25) is 14.5 Å². The van der Waals surface area contributed by atoms with Gasteiger partial charge in [0.15, 0.2) is 0 Å². The van der Waals surface area contributed by atoms with Crippen LogP contribution >= 0.6 is 24.0 Å². The number of benzene rings is 6. The zero-order valence-corrected chi connectivity index (χ0v) is 46.2. The average molecular weight is 1100 g/mol. The van der Waals surface area contributed by atoms with E-state index in [-0.39, 0.29) is 37.4 Å². The molecule has 6 aromatic carbocycles. The van der Waals surface area contributed by atoms with Gasteiger partial charge in [-0.25, -0.2) is 9.78 Å². The Bertz CT molecular complexity index is 3480. The van der Waals surface area contributed by atoms with Crippen LogP contribution in [-0.2, 0) is 32.7 Å². The second-order valence-electron chi connectivity index (χ2n) is 21.1. The highest BCUT2D eigenvalue weighted by molar-refractivity contribution is 8.26. The van der Waals surface area contributed by atoms with Crippen LogP contribution in [0.1, 0.15) is 82.9 Å². The highest BCUT2D eigenvalue weighted by Gasteiger charge is 2.48. The third kappa shape index (κ3) is 10.1. The normalized spacial score (nSPS) is 18.3. The van der Waals surface area contributed by atoms with Crippen LogP contribution in [0.15, 0.2) is 186 Å². The van der Waals surface area contributed by atoms with Gasteiger partial charge in [-0.05, 0) is 107 Å². The molecule has 4 atom stereocenters. The number of fused-ring (bicyclic) bond motifs is 5. The van der Waals surface area contributed by atoms with Gasteiger partial charge < -0.3 is 33.8 Å². The number of furan rings is 1. The molecule has 0 unspecified atom stereocenters. The Morgan fingerprint density at radius 3 is 2.06 bits per heavy atom. The molecule has 3 amide bonds. The van der Waals surface area contributed by atoms with Gasteiger partial charge in [0.05, 0.1) is 36.7 Å². The van der Waals surface area contributed by atoms with Gasteiger partial charge in [0.2, 0.25) is 5.91 Å². The number of methoxy groups -OCH3 is 2. The van der Waals surface area contributed by atoms with Gasteiger partial charge in [-0.2, -0.15) is 0 Å². The monoisotopic (exact) mass is 1100 g/mol. The van der Waals surface area contributed by atoms with Gasteiger partial charge >= 0.3 is 6.09 Å². The lowest BCUT2D eigenvalue weighted by atomic mass is 9.77. The molecular weight excluding hydrogens is 1040 g/mol. The van der Waals surface area contributed by atoms with Crippen molar-refractivity contribution in [3.05, 3.63) is 226 Å². The molecule has 12 rings (SSSR count). The highest BCUT2D eigenvalue weighted by atomic mass is 32.2. The summed E-state index contributed by atoms with van der Waals surface area (Å²) in [6.07, 6.45) is 10.4. The molecule has 2 bridgehead atoms. The molecule has 404 valence electrons. The Balaban J connectivity index is 0.814. The minimum absolute atomic E-state index is 0.0663. The molecule has 0 radical (unpaired) electrons. The molecule has 3 fully saturated rings. The molecule has 14 heteroatoms. The van der Waals surface area contributed by atoms with Gasteiger partial charge in [0.1, 0.15) is 45.5 Å². The number of aryl methyl sites for hydroxylation is 1. The number of carbonyl (C=O) groups is 3. The van der Waals surface area contributed by atoms with Crippen molar-refractivity contribution in [1.29, 1.82) is 0 Å². The second kappa shape index (κ2) is 22.9. The van der Waals surface area contributed by atoms with Crippen LogP contribution < -0.4 is 20.1 Å². The topological polar surface area (TPSA) is 137 Å². The third-order valence-corrected chi connectivity index (χ3v) is 17.9. The van der Waals surface area contributed by atoms with E-state index in [1.54, 1.807) is 26.6 Å². The summed E-state index contributed by atoms with van der Waals surface area (Å²) < 4.78 is 26.6. The van der Waals surface area contributed by atoms with Crippen molar-refractivity contribution in [3.63, 3.8) is 0 Å². The summed E-state index contributed by atoms with van der Waals surface area (Å²) in [7, 11) is 3.20. The minimum Gasteiger partial charge on any atom is -0.497 e. The highest BCUT2D eigenvalue weighted by Crippen LogP contribution is 2.50. The number of ether oxygens (including phenoxy) is 3. The van der Waals surface area contributed by atoms with Crippen LogP contribution in [0, 0.1) is 11.8 Å². The van der Waals surface area contributed by atoms with Gasteiger partial charge in [0.25, 0.3) is 5.91 Å². The first-order valence-electron chi connectivity index (χ1n) is 27.4. The van der Waals surface area contributed by atoms with Crippen molar-refractivity contribution in [1.82, 2.24) is 25.1 Å². The number of alkyl carbamates (subject to hydrolysis) is 1. The Morgan fingerprint density at radius 2 is 1.45 bits per heavy atom. The van der Waals surface area contributed by atoms with Crippen molar-refractivity contribution in [2.24, 2.45) is 11.8 Å². The number of thioether (sulfide) groups is 1. The molecule has 3 aliphatic carbocycles. The van der Waals surface area contributed by atoms with Crippen molar-refractivity contribution in [3.8, 4) is 33.9 Å². The number of rotatable bonds is 19. The number of thiocarbonyl (C=S) groups is 1. The maximum absolute atomic E-state index is 14.7. The Labute approximate surface area is 475 Å². The van der Waals surface area contributed by atoms with Crippen LogP contribution in [0.3, 0.4) is 0 Å². The predicted octanol–water partition coefficient (Wildman–Crippen LogP) is 12.6. The smallest absolute Gasteiger partial charge is 0.407 e. The zero-order valence-electron chi connectivity index (χ0n) is 44.6. The molecule has 1 aliphatic heterocycles. The number of nitrogens with zero attached hydrogens (tertiary/aromatic N) is 3. The summed E-state index contributed by atoms with van der Waals surface area (Å²) in [6, 6.07) is 53.8. The van der Waals surface area contributed by atoms with Crippen LogP contribution in [0.2, 0.25) is 0 Å². The maximum Gasteiger partial charge on any atom is 0.407 e. The average Bonchev–Trinajstić information content (AvgIpc) is 4.47. The van der Waals surface area contributed by atoms with Crippen molar-refractivity contribution in [2.45, 2.75) is 68.5 Å². The molecule has 2 aromatic heterocycles. The number of nitrogens with one attached hydrogen (secondary N) is 2. The summed E-state index contributed by atoms with van der Waals surface area (Å²) in [5, 5.41) is 6.09. The van der Waals surface area contributed by atoms with Gasteiger partial charge in [-0.15, -0.1) is 0 Å². The second-order valence-corrected chi connectivity index (χ2v) is 22.7. The molecule has 4 aliphatic rings. The number of carbonyl (C=O) groups excluding carboxylic acids is 3. The van der Waals surface area contributed by atoms with E-state index in [9.17, 15) is 14.4 Å². The van der Waals surface area contributed by atoms with Crippen LogP contribution in [-0.4, -0.2) is 76.1 Å². The first kappa shape index (κ1) is 52.5. The number of aromatic nitrogens is 2. The standard InChI is InChI=1S/C66H61N5O7S2/c1-75-49-30-31-54(59(37-49)76-2)60-35-44(58(78-60)38-61-63(73)71(65(79)80-61)57-34-42-28-29-43(57)33-42)17-16-32-67-62(72)56(69-64(74)77-40-55-52-26-14-12-24-50(52)51-25-13-15-27-53(51)55)36-48-39-70(41-68-48)66(45-18-6-3-7-19-45,46-20-8-4-9-21-46)47-22-10-5-11-23-47/h3-15,18-27,30-31,35,37-39,41-43,55-57H,16-17,28-29,32-34,36,40H2,1-2H3,(H,67,72)(H,69,74)/b61-38-/t42-,43-,56-,57-/m0/s1. The van der Waals surface area contributed by atoms with E-state index in [0.29, 0.717) is 62.6 Å². The summed E-state index contributed by atoms with van der Waals surface area (Å²) >= 11 is 7.19. The molecule has 0 spiro atoms. The summed E-state index contributed by atoms with van der Waals surface area (Å²) in [5.41, 5.74) is 8.79. The van der Waals surface area contributed by atoms with Gasteiger partial charge in [0, 0.05) is 43.3 Å². The Kier molecular flexibility index (Phi) is 15.0. The third-order valence-electron chi connectivity index (χ3n) is 16.5. The predicted molar refractivity (Wildman–Crippen MR) is 315 cm³/mol. The molecule has 3 heterocycles. The Morgan fingerprint density at radius 1 is 0.800 bits per heavy atom. The molecule has 8 aromatic rings. The van der Waals surface area contributed by atoms with Crippen LogP contribution in [0.5, 0.6) is 11.5 Å². The summed E-state index contributed by atoms with van der Waals surface area (Å²) in [6.45, 7) is 0.340. The van der Waals surface area contributed by atoms with Crippen molar-refractivity contribution < 1.29 is 33.0 Å². The molecular formula is C66H61N5O7S2. The largest absolute Gasteiger partial charge is 0.497 e. The van der Waals surface area contributed by atoms with Crippen molar-refractivity contribution in [2.75, 3.05) is 27.4 Å². The SMILES string of the molecule is COc1ccc(-c2cc(CCCNC(=O)[C@H](Cc3cn(C(c4ccccc4)(c4ccccc4)c4ccccc4)cn3)NC(=O)OCC3c4ccccc4-c4ccccc43)c(/C=C3\SC(=S)N([C@H]4C[C@H]5CC[C@H]4C5)C3=O)o2)c(OC)c1. The molecule has 1 saturated heterocycles. The fourth-order valence-corrected chi connectivity index (χ4v) is 14.1. The molecule has 80 heavy (non-hydrogen) atoms. The quantitative estimate of drug-likeness (QED) is 0.0348. The van der Waals surface area contributed by atoms with E-state index in [0.717, 1.165) is 69.3 Å². The maximum atomic E-state index is 14.7. The van der Waals surface area contributed by atoms with E-state index in [4.69, 9.17) is 35.8 Å². The fraction of sp³-hybridized carbons (Fsp3) is 0.258. The van der Waals surface area contributed by atoms with E-state index < -0.39 is 23.6 Å².